The zero-order valence-electron chi connectivity index (χ0n) is 14.5. The number of benzene rings is 1. The van der Waals surface area contributed by atoms with Crippen molar-refractivity contribution >= 4 is 13.3 Å². The normalized spacial score (nSPS) is 13.1. The van der Waals surface area contributed by atoms with Crippen molar-refractivity contribution < 1.29 is 9.84 Å². The quantitative estimate of drug-likeness (QED) is 0.753. The first-order chi connectivity index (χ1) is 10.6. The molecule has 1 unspecified atom stereocenters. The molecule has 0 spiro atoms. The number of aliphatic hydroxyl groups is 1. The number of aliphatic hydroxyl groups excluding tert-OH is 1. The molecule has 0 aliphatic carbocycles. The molecule has 124 valence electrons. The van der Waals surface area contributed by atoms with Crippen LogP contribution >= 0.6 is 0 Å². The van der Waals surface area contributed by atoms with E-state index in [0.717, 1.165) is 15.7 Å². The number of aromatic nitrogens is 4. The van der Waals surface area contributed by atoms with E-state index in [2.05, 4.69) is 31.2 Å². The summed E-state index contributed by atoms with van der Waals surface area (Å²) in [4.78, 5) is 12.2. The summed E-state index contributed by atoms with van der Waals surface area (Å²) in [6, 6.07) is 3.78. The number of tetrazole rings is 1. The number of hydrogen-bond acceptors (Lipinski definition) is 5. The Morgan fingerprint density at radius 2 is 2.00 bits per heavy atom. The van der Waals surface area contributed by atoms with Gasteiger partial charge in [-0.3, -0.25) is 0 Å². The first-order valence-corrected chi connectivity index (χ1v) is 7.56. The van der Waals surface area contributed by atoms with Gasteiger partial charge in [-0.15, -0.1) is 0 Å². The van der Waals surface area contributed by atoms with Crippen LogP contribution in [0.4, 0.5) is 0 Å². The second kappa shape index (κ2) is 6.19. The van der Waals surface area contributed by atoms with Gasteiger partial charge in [0.2, 0.25) is 0 Å². The van der Waals surface area contributed by atoms with Crippen molar-refractivity contribution in [3.05, 3.63) is 28.2 Å². The van der Waals surface area contributed by atoms with Gasteiger partial charge in [-0.05, 0) is 40.5 Å². The number of rotatable bonds is 4. The molecular formula is C15H23BN4O3. The SMILES string of the molecule is Bc1cc(OCC(C)O)c(-n2nnn(C)c2=O)cc1C(C)(C)C. The molecule has 0 aliphatic rings. The fraction of sp³-hybridized carbons (Fsp3) is 0.533. The van der Waals surface area contributed by atoms with Crippen molar-refractivity contribution in [2.45, 2.75) is 39.2 Å². The molecule has 1 atom stereocenters. The van der Waals surface area contributed by atoms with Gasteiger partial charge < -0.3 is 9.84 Å². The molecule has 0 bridgehead atoms. The minimum atomic E-state index is -0.607. The predicted molar refractivity (Wildman–Crippen MR) is 90.7 cm³/mol. The van der Waals surface area contributed by atoms with Crippen LogP contribution in [0.2, 0.25) is 0 Å². The summed E-state index contributed by atoms with van der Waals surface area (Å²) in [5, 5.41) is 17.1. The molecule has 2 rings (SSSR count). The van der Waals surface area contributed by atoms with Gasteiger partial charge in [0.25, 0.3) is 0 Å². The molecule has 2 aromatic rings. The molecule has 0 radical (unpaired) electrons. The number of ether oxygens (including phenoxy) is 1. The maximum absolute atomic E-state index is 12.2. The van der Waals surface area contributed by atoms with Gasteiger partial charge in [-0.25, -0.2) is 4.79 Å². The highest BCUT2D eigenvalue weighted by Crippen LogP contribution is 2.28. The van der Waals surface area contributed by atoms with E-state index in [4.69, 9.17) is 4.74 Å². The number of hydrogen-bond donors (Lipinski definition) is 1. The molecule has 0 saturated heterocycles. The van der Waals surface area contributed by atoms with Gasteiger partial charge in [-0.2, -0.15) is 9.36 Å². The summed E-state index contributed by atoms with van der Waals surface area (Å²) >= 11 is 0. The highest BCUT2D eigenvalue weighted by molar-refractivity contribution is 6.33. The van der Waals surface area contributed by atoms with E-state index < -0.39 is 6.10 Å². The molecule has 1 N–H and O–H groups in total. The Kier molecular flexibility index (Phi) is 4.65. The largest absolute Gasteiger partial charge is 0.489 e. The maximum Gasteiger partial charge on any atom is 0.368 e. The summed E-state index contributed by atoms with van der Waals surface area (Å²) in [6.07, 6.45) is -0.607. The second-order valence-electron chi connectivity index (χ2n) is 6.84. The van der Waals surface area contributed by atoms with Crippen molar-refractivity contribution in [1.29, 1.82) is 0 Å². The van der Waals surface area contributed by atoms with Gasteiger partial charge in [0.15, 0.2) is 0 Å². The van der Waals surface area contributed by atoms with Crippen LogP contribution < -0.4 is 15.9 Å². The van der Waals surface area contributed by atoms with Gasteiger partial charge in [0, 0.05) is 7.05 Å². The zero-order valence-corrected chi connectivity index (χ0v) is 14.5. The summed E-state index contributed by atoms with van der Waals surface area (Å²) in [5.74, 6) is 0.499. The first-order valence-electron chi connectivity index (χ1n) is 7.56. The molecule has 1 aromatic carbocycles. The topological polar surface area (TPSA) is 82.2 Å². The van der Waals surface area contributed by atoms with Crippen LogP contribution in [0.25, 0.3) is 5.69 Å². The van der Waals surface area contributed by atoms with Gasteiger partial charge in [0.05, 0.1) is 6.10 Å². The summed E-state index contributed by atoms with van der Waals surface area (Å²) in [6.45, 7) is 8.10. The maximum atomic E-state index is 12.2. The molecule has 23 heavy (non-hydrogen) atoms. The molecule has 8 heteroatoms. The average Bonchev–Trinajstić information content (AvgIpc) is 2.75. The van der Waals surface area contributed by atoms with Gasteiger partial charge in [0.1, 0.15) is 25.9 Å². The van der Waals surface area contributed by atoms with E-state index in [-0.39, 0.29) is 17.7 Å². The Labute approximate surface area is 136 Å². The standard InChI is InChI=1S/C15H23BN4O3/c1-9(21)8-23-13-7-11(16)10(15(2,3)4)6-12(13)20-14(22)19(5)17-18-20/h6-7,9,21H,8,16H2,1-5H3. The summed E-state index contributed by atoms with van der Waals surface area (Å²) < 4.78 is 8.06. The van der Waals surface area contributed by atoms with E-state index in [1.54, 1.807) is 14.0 Å². The molecule has 0 aliphatic heterocycles. The van der Waals surface area contributed by atoms with Crippen molar-refractivity contribution in [3.8, 4) is 11.4 Å². The molecule has 0 fully saturated rings. The van der Waals surface area contributed by atoms with Crippen LogP contribution in [0.5, 0.6) is 5.75 Å². The van der Waals surface area contributed by atoms with Crippen molar-refractivity contribution in [1.82, 2.24) is 19.8 Å². The van der Waals surface area contributed by atoms with Crippen molar-refractivity contribution in [2.75, 3.05) is 6.61 Å². The highest BCUT2D eigenvalue weighted by Gasteiger charge is 2.21. The van der Waals surface area contributed by atoms with Crippen LogP contribution in [0.15, 0.2) is 16.9 Å². The van der Waals surface area contributed by atoms with Crippen LogP contribution in [0.3, 0.4) is 0 Å². The third-order valence-electron chi connectivity index (χ3n) is 3.54. The van der Waals surface area contributed by atoms with Crippen LogP contribution in [0, 0.1) is 0 Å². The van der Waals surface area contributed by atoms with E-state index in [9.17, 15) is 9.90 Å². The lowest BCUT2D eigenvalue weighted by Gasteiger charge is -2.24. The monoisotopic (exact) mass is 318 g/mol. The first kappa shape index (κ1) is 17.3. The minimum Gasteiger partial charge on any atom is -0.489 e. The summed E-state index contributed by atoms with van der Waals surface area (Å²) in [7, 11) is 3.54. The Balaban J connectivity index is 2.64. The van der Waals surface area contributed by atoms with Crippen LogP contribution in [-0.2, 0) is 12.5 Å². The molecular weight excluding hydrogens is 295 g/mol. The van der Waals surface area contributed by atoms with E-state index in [1.165, 1.54) is 4.68 Å². The molecule has 0 amide bonds. The predicted octanol–water partition coefficient (Wildman–Crippen LogP) is -0.718. The van der Waals surface area contributed by atoms with Gasteiger partial charge >= 0.3 is 5.69 Å². The third-order valence-corrected chi connectivity index (χ3v) is 3.54. The Hall–Kier alpha value is -2.09. The van der Waals surface area contributed by atoms with Crippen molar-refractivity contribution in [2.24, 2.45) is 7.05 Å². The Morgan fingerprint density at radius 1 is 1.35 bits per heavy atom. The summed E-state index contributed by atoms with van der Waals surface area (Å²) in [5.41, 5.74) is 2.23. The van der Waals surface area contributed by atoms with E-state index >= 15 is 0 Å². The van der Waals surface area contributed by atoms with Crippen LogP contribution in [-0.4, -0.2) is 45.5 Å². The average molecular weight is 318 g/mol. The Bertz CT molecular complexity index is 759. The smallest absolute Gasteiger partial charge is 0.368 e. The van der Waals surface area contributed by atoms with Crippen molar-refractivity contribution in [3.63, 3.8) is 0 Å². The van der Waals surface area contributed by atoms with Crippen LogP contribution in [0.1, 0.15) is 33.3 Å². The fourth-order valence-electron chi connectivity index (χ4n) is 2.43. The Morgan fingerprint density at radius 3 is 2.48 bits per heavy atom. The minimum absolute atomic E-state index is 0.0898. The number of aryl methyl sites for hydroxylation is 1. The third kappa shape index (κ3) is 3.64. The lowest BCUT2D eigenvalue weighted by molar-refractivity contribution is 0.122. The molecule has 7 nitrogen and oxygen atoms in total. The van der Waals surface area contributed by atoms with E-state index in [1.807, 2.05) is 20.0 Å². The molecule has 0 saturated carbocycles. The molecule has 1 heterocycles. The van der Waals surface area contributed by atoms with Gasteiger partial charge in [-0.1, -0.05) is 26.2 Å². The lowest BCUT2D eigenvalue weighted by Crippen LogP contribution is -2.27. The molecule has 1 aromatic heterocycles. The second-order valence-corrected chi connectivity index (χ2v) is 6.84. The van der Waals surface area contributed by atoms with E-state index in [0.29, 0.717) is 11.4 Å². The zero-order chi connectivity index (χ0) is 17.4. The highest BCUT2D eigenvalue weighted by atomic mass is 16.5. The fourth-order valence-corrected chi connectivity index (χ4v) is 2.43. The lowest BCUT2D eigenvalue weighted by atomic mass is 9.77. The number of nitrogens with zero attached hydrogens (tertiary/aromatic N) is 4.